The Morgan fingerprint density at radius 3 is 2.48 bits per heavy atom. The molecule has 0 amide bonds. The molecule has 5 nitrogen and oxygen atoms in total. The maximum atomic E-state index is 13.5. The molecular formula is C26H26N2O3. The van der Waals surface area contributed by atoms with Crippen molar-refractivity contribution in [3.8, 4) is 5.75 Å². The summed E-state index contributed by atoms with van der Waals surface area (Å²) in [5.41, 5.74) is 4.82. The highest BCUT2D eigenvalue weighted by Crippen LogP contribution is 2.44. The van der Waals surface area contributed by atoms with Crippen molar-refractivity contribution in [2.45, 2.75) is 38.6 Å². The van der Waals surface area contributed by atoms with Gasteiger partial charge in [-0.3, -0.25) is 4.79 Å². The SMILES string of the molecule is CCOc1ccc(C2CC(=O)C3=C(C2)Nc2ccccc2NC3c2ccc(C)o2)cc1. The van der Waals surface area contributed by atoms with Crippen LogP contribution in [0.4, 0.5) is 11.4 Å². The molecular weight excluding hydrogens is 388 g/mol. The highest BCUT2D eigenvalue weighted by molar-refractivity contribution is 6.01. The first-order chi connectivity index (χ1) is 15.1. The van der Waals surface area contributed by atoms with Crippen LogP contribution in [-0.4, -0.2) is 12.4 Å². The Hall–Kier alpha value is -3.47. The molecule has 2 atom stereocenters. The number of Topliss-reactive ketones (excluding diaryl/α,β-unsaturated/α-hetero) is 1. The van der Waals surface area contributed by atoms with Crippen molar-refractivity contribution in [1.29, 1.82) is 0 Å². The molecule has 5 rings (SSSR count). The van der Waals surface area contributed by atoms with Gasteiger partial charge in [0.15, 0.2) is 5.78 Å². The molecule has 5 heteroatoms. The van der Waals surface area contributed by atoms with E-state index in [1.54, 1.807) is 0 Å². The van der Waals surface area contributed by atoms with Crippen molar-refractivity contribution in [2.75, 3.05) is 17.2 Å². The molecule has 2 aliphatic rings. The van der Waals surface area contributed by atoms with Gasteiger partial charge in [0.25, 0.3) is 0 Å². The van der Waals surface area contributed by atoms with E-state index in [9.17, 15) is 4.79 Å². The minimum absolute atomic E-state index is 0.124. The van der Waals surface area contributed by atoms with Gasteiger partial charge in [-0.25, -0.2) is 0 Å². The summed E-state index contributed by atoms with van der Waals surface area (Å²) in [7, 11) is 0. The van der Waals surface area contributed by atoms with Crippen molar-refractivity contribution < 1.29 is 13.9 Å². The number of ether oxygens (including phenoxy) is 1. The Balaban J connectivity index is 1.53. The summed E-state index contributed by atoms with van der Waals surface area (Å²) in [4.78, 5) is 13.5. The fourth-order valence-electron chi connectivity index (χ4n) is 4.55. The van der Waals surface area contributed by atoms with Gasteiger partial charge in [0.2, 0.25) is 0 Å². The van der Waals surface area contributed by atoms with E-state index >= 15 is 0 Å². The molecule has 0 saturated carbocycles. The number of hydrogen-bond acceptors (Lipinski definition) is 5. The normalized spacial score (nSPS) is 20.3. The molecule has 31 heavy (non-hydrogen) atoms. The van der Waals surface area contributed by atoms with Crippen molar-refractivity contribution >= 4 is 17.2 Å². The lowest BCUT2D eigenvalue weighted by molar-refractivity contribution is -0.116. The molecule has 1 aliphatic heterocycles. The van der Waals surface area contributed by atoms with Crippen molar-refractivity contribution in [3.05, 3.63) is 89.0 Å². The molecule has 1 aliphatic carbocycles. The first-order valence-corrected chi connectivity index (χ1v) is 10.8. The number of rotatable bonds is 4. The third-order valence-electron chi connectivity index (χ3n) is 6.02. The number of fused-ring (bicyclic) bond motifs is 1. The number of carbonyl (C=O) groups excluding carboxylic acids is 1. The zero-order valence-electron chi connectivity index (χ0n) is 17.8. The minimum Gasteiger partial charge on any atom is -0.494 e. The van der Waals surface area contributed by atoms with E-state index in [2.05, 4.69) is 22.8 Å². The van der Waals surface area contributed by atoms with E-state index in [1.807, 2.05) is 62.4 Å². The number of hydrogen-bond donors (Lipinski definition) is 2. The predicted octanol–water partition coefficient (Wildman–Crippen LogP) is 5.97. The second kappa shape index (κ2) is 7.99. The lowest BCUT2D eigenvalue weighted by atomic mass is 9.79. The number of ketones is 1. The number of nitrogens with one attached hydrogen (secondary N) is 2. The molecule has 2 unspecified atom stereocenters. The molecule has 0 radical (unpaired) electrons. The average molecular weight is 415 g/mol. The molecule has 0 fully saturated rings. The topological polar surface area (TPSA) is 63.5 Å². The van der Waals surface area contributed by atoms with Crippen molar-refractivity contribution in [3.63, 3.8) is 0 Å². The number of aryl methyl sites for hydroxylation is 1. The molecule has 0 saturated heterocycles. The zero-order valence-corrected chi connectivity index (χ0v) is 17.8. The van der Waals surface area contributed by atoms with Crippen LogP contribution in [0, 0.1) is 6.92 Å². The molecule has 0 bridgehead atoms. The first-order valence-electron chi connectivity index (χ1n) is 10.8. The quantitative estimate of drug-likeness (QED) is 0.551. The summed E-state index contributed by atoms with van der Waals surface area (Å²) < 4.78 is 11.5. The number of para-hydroxylation sites is 2. The minimum atomic E-state index is -0.311. The van der Waals surface area contributed by atoms with Crippen LogP contribution in [0.15, 0.2) is 76.4 Å². The van der Waals surface area contributed by atoms with Crippen molar-refractivity contribution in [2.24, 2.45) is 0 Å². The van der Waals surface area contributed by atoms with Crippen LogP contribution >= 0.6 is 0 Å². The molecule has 2 aromatic carbocycles. The molecule has 2 heterocycles. The second-order valence-electron chi connectivity index (χ2n) is 8.12. The Labute approximate surface area is 182 Å². The summed E-state index contributed by atoms with van der Waals surface area (Å²) >= 11 is 0. The van der Waals surface area contributed by atoms with E-state index in [0.29, 0.717) is 13.0 Å². The van der Waals surface area contributed by atoms with E-state index in [4.69, 9.17) is 9.15 Å². The fraction of sp³-hybridized carbons (Fsp3) is 0.269. The van der Waals surface area contributed by atoms with E-state index in [-0.39, 0.29) is 17.7 Å². The van der Waals surface area contributed by atoms with Crippen molar-refractivity contribution in [1.82, 2.24) is 0 Å². The molecule has 2 N–H and O–H groups in total. The van der Waals surface area contributed by atoms with Crippen LogP contribution in [0.25, 0.3) is 0 Å². The third-order valence-corrected chi connectivity index (χ3v) is 6.02. The number of benzene rings is 2. The Bertz CT molecular complexity index is 1140. The highest BCUT2D eigenvalue weighted by Gasteiger charge is 2.37. The summed E-state index contributed by atoms with van der Waals surface area (Å²) in [5, 5.41) is 7.10. The smallest absolute Gasteiger partial charge is 0.163 e. The Morgan fingerprint density at radius 1 is 1.00 bits per heavy atom. The monoisotopic (exact) mass is 414 g/mol. The number of anilines is 2. The summed E-state index contributed by atoms with van der Waals surface area (Å²) in [6.07, 6.45) is 1.24. The number of carbonyl (C=O) groups is 1. The Kier molecular flexibility index (Phi) is 5.02. The van der Waals surface area contributed by atoms with Crippen LogP contribution in [0.2, 0.25) is 0 Å². The van der Waals surface area contributed by atoms with E-state index in [0.717, 1.165) is 51.9 Å². The van der Waals surface area contributed by atoms with E-state index in [1.165, 1.54) is 0 Å². The van der Waals surface area contributed by atoms with Gasteiger partial charge in [-0.1, -0.05) is 24.3 Å². The summed E-state index contributed by atoms with van der Waals surface area (Å²) in [6.45, 7) is 4.54. The zero-order chi connectivity index (χ0) is 21.4. The van der Waals surface area contributed by atoms with Gasteiger partial charge in [0.05, 0.1) is 18.0 Å². The van der Waals surface area contributed by atoms with Crippen LogP contribution in [0.1, 0.15) is 48.8 Å². The van der Waals surface area contributed by atoms with Gasteiger partial charge >= 0.3 is 0 Å². The van der Waals surface area contributed by atoms with Crippen LogP contribution in [0.5, 0.6) is 5.75 Å². The van der Waals surface area contributed by atoms with Gasteiger partial charge in [-0.2, -0.15) is 0 Å². The summed E-state index contributed by atoms with van der Waals surface area (Å²) in [6, 6.07) is 19.8. The Morgan fingerprint density at radius 2 is 1.77 bits per heavy atom. The van der Waals surface area contributed by atoms with Crippen LogP contribution in [-0.2, 0) is 4.79 Å². The molecule has 1 aromatic heterocycles. The van der Waals surface area contributed by atoms with Gasteiger partial charge in [0.1, 0.15) is 23.3 Å². The largest absolute Gasteiger partial charge is 0.494 e. The average Bonchev–Trinajstić information content (AvgIpc) is 3.12. The maximum Gasteiger partial charge on any atom is 0.163 e. The fourth-order valence-corrected chi connectivity index (χ4v) is 4.55. The van der Waals surface area contributed by atoms with Crippen LogP contribution < -0.4 is 15.4 Å². The first kappa shape index (κ1) is 19.5. The number of allylic oxidation sites excluding steroid dienone is 1. The summed E-state index contributed by atoms with van der Waals surface area (Å²) in [5.74, 6) is 2.72. The lowest BCUT2D eigenvalue weighted by Crippen LogP contribution is -2.26. The lowest BCUT2D eigenvalue weighted by Gasteiger charge is -2.29. The highest BCUT2D eigenvalue weighted by atomic mass is 16.5. The molecule has 0 spiro atoms. The standard InChI is InChI=1S/C26H26N2O3/c1-3-30-19-11-9-17(10-12-19)18-14-22-25(23(29)15-18)26(24-13-8-16(2)31-24)28-21-7-5-4-6-20(21)27-22/h4-13,18,26-28H,3,14-15H2,1-2H3. The van der Waals surface area contributed by atoms with Gasteiger partial charge < -0.3 is 19.8 Å². The third kappa shape index (κ3) is 3.72. The maximum absolute atomic E-state index is 13.5. The predicted molar refractivity (Wildman–Crippen MR) is 121 cm³/mol. The van der Waals surface area contributed by atoms with Gasteiger partial charge in [-0.05, 0) is 68.1 Å². The van der Waals surface area contributed by atoms with Crippen LogP contribution in [0.3, 0.4) is 0 Å². The second-order valence-corrected chi connectivity index (χ2v) is 8.12. The number of furan rings is 1. The van der Waals surface area contributed by atoms with E-state index < -0.39 is 0 Å². The van der Waals surface area contributed by atoms with Gasteiger partial charge in [0, 0.05) is 17.7 Å². The molecule has 3 aromatic rings. The molecule has 158 valence electrons. The van der Waals surface area contributed by atoms with Gasteiger partial charge in [-0.15, -0.1) is 0 Å².